The molecule has 8 nitrogen and oxygen atoms in total. The normalized spacial score (nSPS) is 16.5. The summed E-state index contributed by atoms with van der Waals surface area (Å²) in [6.07, 6.45) is 5.58. The summed E-state index contributed by atoms with van der Waals surface area (Å²) in [6, 6.07) is 11.7. The lowest BCUT2D eigenvalue weighted by molar-refractivity contribution is -0.123. The molecule has 0 bridgehead atoms. The van der Waals surface area contributed by atoms with Gasteiger partial charge in [0.05, 0.1) is 10.6 Å². The van der Waals surface area contributed by atoms with Gasteiger partial charge in [-0.1, -0.05) is 18.9 Å². The average molecular weight is 476 g/mol. The standard InChI is InChI=1S/C22H25N3O5S2/c1-31-17-8-4-7-16(11-17)23-21(26)13-25-19-12-18(9-10-20(19)30-14-22(25)27)32(28,29)24-15-5-2-3-6-15/h4,7-12,15,24H,2-3,5-6,13-14H2,1H3,(H,23,26). The second-order valence-corrected chi connectivity index (χ2v) is 10.4. The zero-order valence-electron chi connectivity index (χ0n) is 17.7. The summed E-state index contributed by atoms with van der Waals surface area (Å²) in [5, 5.41) is 2.79. The number of ether oxygens (including phenoxy) is 1. The Kier molecular flexibility index (Phi) is 6.73. The molecule has 1 fully saturated rings. The zero-order valence-corrected chi connectivity index (χ0v) is 19.3. The second-order valence-electron chi connectivity index (χ2n) is 7.78. The number of carbonyl (C=O) groups excluding carboxylic acids is 2. The minimum Gasteiger partial charge on any atom is -0.482 e. The summed E-state index contributed by atoms with van der Waals surface area (Å²) in [5.41, 5.74) is 0.892. The van der Waals surface area contributed by atoms with Crippen LogP contribution in [-0.2, 0) is 19.6 Å². The average Bonchev–Trinajstić information content (AvgIpc) is 3.28. The third-order valence-corrected chi connectivity index (χ3v) is 7.76. The molecule has 1 aliphatic carbocycles. The second kappa shape index (κ2) is 9.51. The lowest BCUT2D eigenvalue weighted by Gasteiger charge is -2.29. The van der Waals surface area contributed by atoms with E-state index in [1.54, 1.807) is 17.8 Å². The Balaban J connectivity index is 1.54. The molecule has 0 aromatic heterocycles. The van der Waals surface area contributed by atoms with Crippen molar-refractivity contribution in [2.45, 2.75) is 41.5 Å². The third kappa shape index (κ3) is 5.08. The lowest BCUT2D eigenvalue weighted by atomic mass is 10.2. The minimum atomic E-state index is -3.75. The predicted octanol–water partition coefficient (Wildman–Crippen LogP) is 2.99. The maximum absolute atomic E-state index is 12.8. The number of benzene rings is 2. The highest BCUT2D eigenvalue weighted by Crippen LogP contribution is 2.34. The van der Waals surface area contributed by atoms with Crippen LogP contribution in [0.1, 0.15) is 25.7 Å². The molecule has 2 aliphatic rings. The van der Waals surface area contributed by atoms with Crippen molar-refractivity contribution >= 4 is 45.0 Å². The molecule has 2 amide bonds. The van der Waals surface area contributed by atoms with Gasteiger partial charge in [-0.2, -0.15) is 0 Å². The summed E-state index contributed by atoms with van der Waals surface area (Å²) < 4.78 is 33.9. The van der Waals surface area contributed by atoms with Crippen molar-refractivity contribution in [3.05, 3.63) is 42.5 Å². The largest absolute Gasteiger partial charge is 0.482 e. The highest BCUT2D eigenvalue weighted by atomic mass is 32.2. The fourth-order valence-corrected chi connectivity index (χ4v) is 5.68. The van der Waals surface area contributed by atoms with E-state index in [1.165, 1.54) is 23.1 Å². The number of thioether (sulfide) groups is 1. The molecule has 0 saturated heterocycles. The Morgan fingerprint density at radius 1 is 1.19 bits per heavy atom. The van der Waals surface area contributed by atoms with Gasteiger partial charge in [0.25, 0.3) is 5.91 Å². The van der Waals surface area contributed by atoms with Gasteiger partial charge in [0.15, 0.2) is 6.61 Å². The Bertz CT molecular complexity index is 1130. The number of sulfonamides is 1. The summed E-state index contributed by atoms with van der Waals surface area (Å²) in [5.74, 6) is -0.438. The van der Waals surface area contributed by atoms with E-state index < -0.39 is 15.9 Å². The minimum absolute atomic E-state index is 0.0412. The molecule has 2 aromatic carbocycles. The van der Waals surface area contributed by atoms with E-state index in [1.807, 2.05) is 24.5 Å². The number of nitrogens with zero attached hydrogens (tertiary/aromatic N) is 1. The van der Waals surface area contributed by atoms with Gasteiger partial charge in [0.1, 0.15) is 12.3 Å². The number of rotatable bonds is 7. The van der Waals surface area contributed by atoms with Gasteiger partial charge in [-0.25, -0.2) is 13.1 Å². The van der Waals surface area contributed by atoms with Crippen molar-refractivity contribution in [1.29, 1.82) is 0 Å². The van der Waals surface area contributed by atoms with E-state index >= 15 is 0 Å². The van der Waals surface area contributed by atoms with Crippen molar-refractivity contribution < 1.29 is 22.7 Å². The molecule has 1 saturated carbocycles. The van der Waals surface area contributed by atoms with Gasteiger partial charge >= 0.3 is 0 Å². The first kappa shape index (κ1) is 22.6. The Hall–Kier alpha value is -2.56. The van der Waals surface area contributed by atoms with Crippen molar-refractivity contribution in [1.82, 2.24) is 4.72 Å². The van der Waals surface area contributed by atoms with Crippen LogP contribution in [0.25, 0.3) is 0 Å². The molecule has 0 radical (unpaired) electrons. The van der Waals surface area contributed by atoms with Crippen molar-refractivity contribution in [3.8, 4) is 5.75 Å². The molecule has 32 heavy (non-hydrogen) atoms. The van der Waals surface area contributed by atoms with Crippen LogP contribution in [0.4, 0.5) is 11.4 Å². The van der Waals surface area contributed by atoms with Gasteiger partial charge in [-0.15, -0.1) is 11.8 Å². The Morgan fingerprint density at radius 2 is 1.97 bits per heavy atom. The van der Waals surface area contributed by atoms with Crippen molar-refractivity contribution in [3.63, 3.8) is 0 Å². The number of carbonyl (C=O) groups is 2. The van der Waals surface area contributed by atoms with Gasteiger partial charge in [-0.05, 0) is 55.5 Å². The number of fused-ring (bicyclic) bond motifs is 1. The van der Waals surface area contributed by atoms with Crippen LogP contribution in [0, 0.1) is 0 Å². The number of anilines is 2. The van der Waals surface area contributed by atoms with Gasteiger partial charge < -0.3 is 10.1 Å². The maximum Gasteiger partial charge on any atom is 0.265 e. The Labute approximate surface area is 191 Å². The molecular weight excluding hydrogens is 450 g/mol. The first-order valence-electron chi connectivity index (χ1n) is 10.4. The van der Waals surface area contributed by atoms with E-state index in [0.29, 0.717) is 11.4 Å². The topological polar surface area (TPSA) is 105 Å². The summed E-state index contributed by atoms with van der Waals surface area (Å²) in [4.78, 5) is 27.5. The monoisotopic (exact) mass is 475 g/mol. The van der Waals surface area contributed by atoms with Crippen LogP contribution in [0.5, 0.6) is 5.75 Å². The van der Waals surface area contributed by atoms with E-state index in [-0.39, 0.29) is 35.7 Å². The van der Waals surface area contributed by atoms with Gasteiger partial charge in [0, 0.05) is 16.6 Å². The molecule has 10 heteroatoms. The first-order valence-corrected chi connectivity index (χ1v) is 13.1. The number of amides is 2. The maximum atomic E-state index is 12.8. The number of hydrogen-bond acceptors (Lipinski definition) is 6. The first-order chi connectivity index (χ1) is 15.4. The number of nitrogens with one attached hydrogen (secondary N) is 2. The van der Waals surface area contributed by atoms with E-state index in [2.05, 4.69) is 10.0 Å². The van der Waals surface area contributed by atoms with E-state index in [9.17, 15) is 18.0 Å². The van der Waals surface area contributed by atoms with Crippen LogP contribution in [0.2, 0.25) is 0 Å². The van der Waals surface area contributed by atoms with Crippen LogP contribution in [0.15, 0.2) is 52.3 Å². The van der Waals surface area contributed by atoms with Crippen molar-refractivity contribution in [2.75, 3.05) is 29.6 Å². The third-order valence-electron chi connectivity index (χ3n) is 5.52. The van der Waals surface area contributed by atoms with E-state index in [4.69, 9.17) is 4.74 Å². The SMILES string of the molecule is CSc1cccc(NC(=O)CN2C(=O)COc3ccc(S(=O)(=O)NC4CCCC4)cc32)c1. The van der Waals surface area contributed by atoms with Crippen LogP contribution in [0.3, 0.4) is 0 Å². The molecular formula is C22H25N3O5S2. The fourth-order valence-electron chi connectivity index (χ4n) is 3.90. The van der Waals surface area contributed by atoms with Gasteiger partial charge in [0.2, 0.25) is 15.9 Å². The molecule has 2 aromatic rings. The molecule has 4 rings (SSSR count). The fraction of sp³-hybridized carbons (Fsp3) is 0.364. The summed E-state index contributed by atoms with van der Waals surface area (Å²) in [7, 11) is -3.75. The molecule has 0 spiro atoms. The highest BCUT2D eigenvalue weighted by Gasteiger charge is 2.30. The smallest absolute Gasteiger partial charge is 0.265 e. The highest BCUT2D eigenvalue weighted by molar-refractivity contribution is 7.98. The summed E-state index contributed by atoms with van der Waals surface area (Å²) in [6.45, 7) is -0.465. The lowest BCUT2D eigenvalue weighted by Crippen LogP contribution is -2.43. The van der Waals surface area contributed by atoms with Crippen molar-refractivity contribution in [2.24, 2.45) is 0 Å². The predicted molar refractivity (Wildman–Crippen MR) is 124 cm³/mol. The summed E-state index contributed by atoms with van der Waals surface area (Å²) >= 11 is 1.56. The molecule has 0 unspecified atom stereocenters. The van der Waals surface area contributed by atoms with Crippen LogP contribution in [-0.4, -0.2) is 45.7 Å². The number of hydrogen-bond donors (Lipinski definition) is 2. The molecule has 170 valence electrons. The molecule has 0 atom stereocenters. The van der Waals surface area contributed by atoms with E-state index in [0.717, 1.165) is 30.6 Å². The zero-order chi connectivity index (χ0) is 22.7. The van der Waals surface area contributed by atoms with Crippen LogP contribution < -0.4 is 19.7 Å². The molecule has 1 aliphatic heterocycles. The quantitative estimate of drug-likeness (QED) is 0.597. The molecule has 2 N–H and O–H groups in total. The molecule has 1 heterocycles. The van der Waals surface area contributed by atoms with Crippen LogP contribution >= 0.6 is 11.8 Å². The van der Waals surface area contributed by atoms with Gasteiger partial charge in [-0.3, -0.25) is 14.5 Å². The Morgan fingerprint density at radius 3 is 2.72 bits per heavy atom.